The second-order valence-electron chi connectivity index (χ2n) is 6.44. The van der Waals surface area contributed by atoms with E-state index in [9.17, 15) is 0 Å². The molecule has 1 atom stereocenters. The normalized spacial score (nSPS) is 17.5. The number of piperidine rings is 1. The molecule has 4 rings (SSSR count). The van der Waals surface area contributed by atoms with E-state index in [-0.39, 0.29) is 0 Å². The van der Waals surface area contributed by atoms with E-state index in [1.54, 1.807) is 32.0 Å². The zero-order valence-corrected chi connectivity index (χ0v) is 15.0. The fraction of sp³-hybridized carbons (Fsp3) is 0.471. The topological polar surface area (TPSA) is 86.8 Å². The van der Waals surface area contributed by atoms with Crippen LogP contribution in [0.2, 0.25) is 0 Å². The summed E-state index contributed by atoms with van der Waals surface area (Å²) in [5.74, 6) is 3.58. The fourth-order valence-electron chi connectivity index (χ4n) is 3.47. The zero-order valence-electron chi connectivity index (χ0n) is 15.0. The summed E-state index contributed by atoms with van der Waals surface area (Å²) < 4.78 is 9.46. The molecule has 1 saturated heterocycles. The zero-order chi connectivity index (χ0) is 17.9. The number of aromatic nitrogens is 7. The molecule has 0 N–H and O–H groups in total. The number of imidazole rings is 1. The van der Waals surface area contributed by atoms with Crippen molar-refractivity contribution in [3.63, 3.8) is 0 Å². The van der Waals surface area contributed by atoms with E-state index in [1.807, 2.05) is 17.8 Å². The summed E-state index contributed by atoms with van der Waals surface area (Å²) in [4.78, 5) is 15.0. The van der Waals surface area contributed by atoms with Gasteiger partial charge in [0.25, 0.3) is 5.88 Å². The molecule has 1 fully saturated rings. The first-order valence-electron chi connectivity index (χ1n) is 8.70. The van der Waals surface area contributed by atoms with Crippen LogP contribution in [0.15, 0.2) is 31.1 Å². The van der Waals surface area contributed by atoms with Gasteiger partial charge < -0.3 is 18.8 Å². The van der Waals surface area contributed by atoms with Crippen molar-refractivity contribution < 1.29 is 4.74 Å². The van der Waals surface area contributed by atoms with Gasteiger partial charge in [0, 0.05) is 50.8 Å². The van der Waals surface area contributed by atoms with E-state index in [4.69, 9.17) is 4.74 Å². The highest BCUT2D eigenvalue weighted by atomic mass is 16.5. The minimum absolute atomic E-state index is 0.296. The van der Waals surface area contributed by atoms with Gasteiger partial charge in [0.15, 0.2) is 11.6 Å². The Morgan fingerprint density at radius 2 is 2.08 bits per heavy atom. The predicted octanol–water partition coefficient (Wildman–Crippen LogP) is 1.24. The Kier molecular flexibility index (Phi) is 4.51. The van der Waals surface area contributed by atoms with Gasteiger partial charge in [0.05, 0.1) is 20.0 Å². The van der Waals surface area contributed by atoms with Crippen LogP contribution in [0.1, 0.15) is 30.4 Å². The molecule has 136 valence electrons. The number of methoxy groups -OCH3 is 1. The second kappa shape index (κ2) is 7.11. The van der Waals surface area contributed by atoms with Crippen LogP contribution < -0.4 is 9.64 Å². The van der Waals surface area contributed by atoms with Crippen LogP contribution >= 0.6 is 0 Å². The maximum atomic E-state index is 5.37. The minimum atomic E-state index is 0.296. The van der Waals surface area contributed by atoms with Crippen molar-refractivity contribution in [1.82, 2.24) is 34.3 Å². The maximum absolute atomic E-state index is 5.37. The van der Waals surface area contributed by atoms with Gasteiger partial charge in [-0.15, -0.1) is 10.2 Å². The van der Waals surface area contributed by atoms with Crippen LogP contribution in [0.4, 0.5) is 5.82 Å². The molecule has 9 heteroatoms. The third kappa shape index (κ3) is 3.12. The average Bonchev–Trinajstić information content (AvgIpc) is 3.32. The molecule has 3 aromatic heterocycles. The van der Waals surface area contributed by atoms with Crippen molar-refractivity contribution in [2.45, 2.75) is 25.3 Å². The van der Waals surface area contributed by atoms with E-state index in [2.05, 4.69) is 34.6 Å². The number of rotatable bonds is 5. The molecule has 0 spiro atoms. The highest BCUT2D eigenvalue weighted by Crippen LogP contribution is 2.31. The summed E-state index contributed by atoms with van der Waals surface area (Å²) in [7, 11) is 3.66. The Morgan fingerprint density at radius 1 is 1.19 bits per heavy atom. The molecule has 1 aliphatic heterocycles. The van der Waals surface area contributed by atoms with Crippen LogP contribution in [0.25, 0.3) is 0 Å². The SMILES string of the molecule is COc1nccnc1N1CCC[C@H](c2nnc(Cn3ccnc3)n2C)C1. The van der Waals surface area contributed by atoms with E-state index >= 15 is 0 Å². The number of anilines is 1. The Hall–Kier alpha value is -2.97. The standard InChI is InChI=1S/C17H22N8O/c1-23-14(11-24-9-7-18-12-24)21-22-15(23)13-4-3-8-25(10-13)16-17(26-2)20-6-5-19-16/h5-7,9,12-13H,3-4,8,10-11H2,1-2H3/t13-/m0/s1. The third-order valence-electron chi connectivity index (χ3n) is 4.81. The van der Waals surface area contributed by atoms with E-state index in [0.29, 0.717) is 18.3 Å². The second-order valence-corrected chi connectivity index (χ2v) is 6.44. The van der Waals surface area contributed by atoms with Gasteiger partial charge in [0.1, 0.15) is 5.82 Å². The summed E-state index contributed by atoms with van der Waals surface area (Å²) in [6.45, 7) is 2.43. The Bertz CT molecular complexity index is 860. The van der Waals surface area contributed by atoms with Crippen molar-refractivity contribution >= 4 is 5.82 Å². The highest BCUT2D eigenvalue weighted by molar-refractivity contribution is 5.48. The van der Waals surface area contributed by atoms with Crippen LogP contribution in [0, 0.1) is 0 Å². The Balaban J connectivity index is 1.54. The molecule has 0 aromatic carbocycles. The highest BCUT2D eigenvalue weighted by Gasteiger charge is 2.28. The molecule has 3 aromatic rings. The summed E-state index contributed by atoms with van der Waals surface area (Å²) >= 11 is 0. The lowest BCUT2D eigenvalue weighted by molar-refractivity contribution is 0.390. The Morgan fingerprint density at radius 3 is 2.88 bits per heavy atom. The van der Waals surface area contributed by atoms with Crippen molar-refractivity contribution in [2.75, 3.05) is 25.1 Å². The largest absolute Gasteiger partial charge is 0.478 e. The number of hydrogen-bond acceptors (Lipinski definition) is 7. The monoisotopic (exact) mass is 354 g/mol. The molecule has 0 bridgehead atoms. The third-order valence-corrected chi connectivity index (χ3v) is 4.81. The molecule has 0 radical (unpaired) electrons. The first-order chi connectivity index (χ1) is 12.8. The molecule has 0 saturated carbocycles. The van der Waals surface area contributed by atoms with Crippen molar-refractivity contribution in [2.24, 2.45) is 7.05 Å². The van der Waals surface area contributed by atoms with Gasteiger partial charge in [-0.1, -0.05) is 0 Å². The lowest BCUT2D eigenvalue weighted by atomic mass is 9.97. The predicted molar refractivity (Wildman–Crippen MR) is 95.1 cm³/mol. The Labute approximate surface area is 151 Å². The van der Waals surface area contributed by atoms with Gasteiger partial charge in [-0.3, -0.25) is 0 Å². The van der Waals surface area contributed by atoms with Gasteiger partial charge in [-0.2, -0.15) is 0 Å². The fourth-order valence-corrected chi connectivity index (χ4v) is 3.47. The van der Waals surface area contributed by atoms with Crippen LogP contribution in [-0.4, -0.2) is 54.5 Å². The van der Waals surface area contributed by atoms with Gasteiger partial charge in [0.2, 0.25) is 0 Å². The number of hydrogen-bond donors (Lipinski definition) is 0. The van der Waals surface area contributed by atoms with E-state index in [1.165, 1.54) is 0 Å². The van der Waals surface area contributed by atoms with E-state index in [0.717, 1.165) is 43.4 Å². The van der Waals surface area contributed by atoms with Crippen molar-refractivity contribution in [3.05, 3.63) is 42.8 Å². The summed E-state index contributed by atoms with van der Waals surface area (Å²) in [5, 5.41) is 8.87. The van der Waals surface area contributed by atoms with E-state index < -0.39 is 0 Å². The number of ether oxygens (including phenoxy) is 1. The molecule has 0 aliphatic carbocycles. The van der Waals surface area contributed by atoms with Gasteiger partial charge in [-0.05, 0) is 12.8 Å². The van der Waals surface area contributed by atoms with Crippen molar-refractivity contribution in [1.29, 1.82) is 0 Å². The molecule has 1 aliphatic rings. The number of nitrogens with zero attached hydrogens (tertiary/aromatic N) is 8. The van der Waals surface area contributed by atoms with Gasteiger partial charge >= 0.3 is 0 Å². The summed E-state index contributed by atoms with van der Waals surface area (Å²) in [6, 6.07) is 0. The lowest BCUT2D eigenvalue weighted by Crippen LogP contribution is -2.36. The van der Waals surface area contributed by atoms with Crippen LogP contribution in [-0.2, 0) is 13.6 Å². The maximum Gasteiger partial charge on any atom is 0.257 e. The van der Waals surface area contributed by atoms with Crippen molar-refractivity contribution in [3.8, 4) is 5.88 Å². The molecule has 26 heavy (non-hydrogen) atoms. The molecule has 4 heterocycles. The molecule has 0 unspecified atom stereocenters. The lowest BCUT2D eigenvalue weighted by Gasteiger charge is -2.33. The molecule has 0 amide bonds. The molecule has 9 nitrogen and oxygen atoms in total. The first-order valence-corrected chi connectivity index (χ1v) is 8.70. The van der Waals surface area contributed by atoms with Crippen LogP contribution in [0.5, 0.6) is 5.88 Å². The molecular formula is C17H22N8O. The average molecular weight is 354 g/mol. The quantitative estimate of drug-likeness (QED) is 0.681. The van der Waals surface area contributed by atoms with Crippen LogP contribution in [0.3, 0.4) is 0 Å². The first kappa shape index (κ1) is 16.5. The molecular weight excluding hydrogens is 332 g/mol. The smallest absolute Gasteiger partial charge is 0.257 e. The minimum Gasteiger partial charge on any atom is -0.478 e. The summed E-state index contributed by atoms with van der Waals surface area (Å²) in [6.07, 6.45) is 11.0. The summed E-state index contributed by atoms with van der Waals surface area (Å²) in [5.41, 5.74) is 0. The van der Waals surface area contributed by atoms with Gasteiger partial charge in [-0.25, -0.2) is 15.0 Å².